The van der Waals surface area contributed by atoms with Gasteiger partial charge in [0, 0.05) is 29.3 Å². The van der Waals surface area contributed by atoms with Gasteiger partial charge in [0.2, 0.25) is 0 Å². The number of ether oxygens (including phenoxy) is 1. The molecule has 0 amide bonds. The molecular formula is C33H32F3N7O2S. The Labute approximate surface area is 265 Å². The smallest absolute Gasteiger partial charge is 0.387 e. The molecule has 5 aromatic rings. The first-order chi connectivity index (χ1) is 21.9. The van der Waals surface area contributed by atoms with Crippen molar-refractivity contribution >= 4 is 22.0 Å². The van der Waals surface area contributed by atoms with Gasteiger partial charge in [-0.25, -0.2) is 18.3 Å². The van der Waals surface area contributed by atoms with Crippen molar-refractivity contribution in [1.29, 1.82) is 0 Å². The fourth-order valence-corrected chi connectivity index (χ4v) is 8.11. The van der Waals surface area contributed by atoms with Crippen molar-refractivity contribution in [3.8, 4) is 28.3 Å². The molecule has 46 heavy (non-hydrogen) atoms. The zero-order valence-corrected chi connectivity index (χ0v) is 26.5. The highest BCUT2D eigenvalue weighted by molar-refractivity contribution is 7.84. The minimum atomic E-state index is -3.00. The van der Waals surface area contributed by atoms with Crippen molar-refractivity contribution in [1.82, 2.24) is 34.0 Å². The highest BCUT2D eigenvalue weighted by atomic mass is 32.2. The predicted molar refractivity (Wildman–Crippen MR) is 167 cm³/mol. The lowest BCUT2D eigenvalue weighted by molar-refractivity contribution is -0.0506. The first-order valence-corrected chi connectivity index (χ1v) is 16.5. The first kappa shape index (κ1) is 29.3. The summed E-state index contributed by atoms with van der Waals surface area (Å²) in [6.07, 6.45) is 4.41. The van der Waals surface area contributed by atoms with Gasteiger partial charge in [-0.05, 0) is 76.8 Å². The number of aromatic nitrogens is 6. The topological polar surface area (TPSA) is 99.8 Å². The summed E-state index contributed by atoms with van der Waals surface area (Å²) in [7, 11) is -1.38. The summed E-state index contributed by atoms with van der Waals surface area (Å²) in [5.41, 5.74) is 3.63. The van der Waals surface area contributed by atoms with E-state index in [0.717, 1.165) is 28.8 Å². The molecule has 1 saturated carbocycles. The second-order valence-corrected chi connectivity index (χ2v) is 15.3. The van der Waals surface area contributed by atoms with Crippen LogP contribution in [0.25, 0.3) is 33.5 Å². The van der Waals surface area contributed by atoms with E-state index in [-0.39, 0.29) is 23.5 Å². The lowest BCUT2D eigenvalue weighted by Crippen LogP contribution is -2.53. The Morgan fingerprint density at radius 3 is 2.57 bits per heavy atom. The van der Waals surface area contributed by atoms with Crippen molar-refractivity contribution in [3.05, 3.63) is 77.4 Å². The van der Waals surface area contributed by atoms with Gasteiger partial charge in [-0.3, -0.25) is 4.98 Å². The van der Waals surface area contributed by atoms with Crippen LogP contribution in [0.15, 0.2) is 48.7 Å². The van der Waals surface area contributed by atoms with E-state index in [0.29, 0.717) is 47.6 Å². The van der Waals surface area contributed by atoms with Crippen molar-refractivity contribution in [3.63, 3.8) is 0 Å². The Bertz CT molecular complexity index is 2060. The average Bonchev–Trinajstić information content (AvgIpc) is 3.62. The van der Waals surface area contributed by atoms with Gasteiger partial charge in [-0.1, -0.05) is 18.2 Å². The molecule has 0 saturated heterocycles. The molecular weight excluding hydrogens is 615 g/mol. The van der Waals surface area contributed by atoms with Gasteiger partial charge in [0.15, 0.2) is 5.82 Å². The molecule has 5 heterocycles. The Hall–Kier alpha value is -4.10. The molecule has 3 atom stereocenters. The molecule has 2 aliphatic heterocycles. The number of hydrogen-bond donors (Lipinski definition) is 1. The van der Waals surface area contributed by atoms with Gasteiger partial charge in [0.1, 0.15) is 23.2 Å². The third kappa shape index (κ3) is 4.34. The number of nitrogens with one attached hydrogen (secondary N) is 1. The summed E-state index contributed by atoms with van der Waals surface area (Å²) in [6.45, 7) is 4.52. The third-order valence-corrected chi connectivity index (χ3v) is 11.2. The zero-order valence-electron chi connectivity index (χ0n) is 25.7. The third-order valence-electron chi connectivity index (χ3n) is 9.49. The van der Waals surface area contributed by atoms with E-state index in [2.05, 4.69) is 24.5 Å². The lowest BCUT2D eigenvalue weighted by Gasteiger charge is -2.43. The zero-order chi connectivity index (χ0) is 32.1. The van der Waals surface area contributed by atoms with Crippen LogP contribution < -0.4 is 9.46 Å². The van der Waals surface area contributed by atoms with Crippen molar-refractivity contribution in [2.75, 3.05) is 0 Å². The Balaban J connectivity index is 1.23. The number of aryl methyl sites for hydroxylation is 1. The summed E-state index contributed by atoms with van der Waals surface area (Å²) in [4.78, 5) is 9.58. The number of pyridine rings is 1. The molecule has 0 spiro atoms. The molecule has 238 valence electrons. The molecule has 8 rings (SSSR count). The summed E-state index contributed by atoms with van der Waals surface area (Å²) in [5, 5.41) is 8.74. The number of halogens is 3. The molecule has 3 aromatic heterocycles. The molecule has 0 unspecified atom stereocenters. The van der Waals surface area contributed by atoms with Crippen LogP contribution in [0, 0.1) is 12.7 Å². The number of imidazole rings is 1. The van der Waals surface area contributed by atoms with Crippen LogP contribution >= 0.6 is 0 Å². The number of benzene rings is 2. The monoisotopic (exact) mass is 647 g/mol. The average molecular weight is 648 g/mol. The SMILES string of the molecule is Cc1nnc2n1[C@@H]1C[C@H](c3c(OC(F)F)cccc3-2)n2c1nc1ccc(-c3cnc(C4(N[S@](=O)C(C)(C)C)CCC4)c(F)c3)cc12. The summed E-state index contributed by atoms with van der Waals surface area (Å²) < 4.78 is 67.8. The van der Waals surface area contributed by atoms with Gasteiger partial charge in [-0.2, -0.15) is 8.78 Å². The quantitative estimate of drug-likeness (QED) is 0.219. The molecule has 13 heteroatoms. The van der Waals surface area contributed by atoms with Crippen LogP contribution in [0.1, 0.15) is 81.4 Å². The minimum Gasteiger partial charge on any atom is -0.434 e. The molecule has 0 radical (unpaired) electrons. The normalized spacial score (nSPS) is 20.2. The number of alkyl halides is 2. The van der Waals surface area contributed by atoms with E-state index in [9.17, 15) is 13.0 Å². The van der Waals surface area contributed by atoms with E-state index >= 15 is 4.39 Å². The van der Waals surface area contributed by atoms with Gasteiger partial charge >= 0.3 is 6.61 Å². The van der Waals surface area contributed by atoms with E-state index in [1.54, 1.807) is 18.3 Å². The van der Waals surface area contributed by atoms with Gasteiger partial charge in [0.05, 0.1) is 50.1 Å². The van der Waals surface area contributed by atoms with E-state index in [1.165, 1.54) is 6.07 Å². The van der Waals surface area contributed by atoms with Gasteiger partial charge in [-0.15, -0.1) is 10.2 Å². The molecule has 3 aliphatic rings. The van der Waals surface area contributed by atoms with Crippen LogP contribution in [-0.4, -0.2) is 44.9 Å². The Kier molecular flexibility index (Phi) is 6.50. The summed E-state index contributed by atoms with van der Waals surface area (Å²) in [5.74, 6) is 1.68. The minimum absolute atomic E-state index is 0.0870. The molecule has 2 aromatic carbocycles. The fourth-order valence-electron chi connectivity index (χ4n) is 7.15. The van der Waals surface area contributed by atoms with Gasteiger partial charge in [0.25, 0.3) is 0 Å². The molecule has 2 bridgehead atoms. The maximum absolute atomic E-state index is 15.8. The Morgan fingerprint density at radius 1 is 1.07 bits per heavy atom. The van der Waals surface area contributed by atoms with Crippen LogP contribution in [0.5, 0.6) is 5.75 Å². The van der Waals surface area contributed by atoms with Crippen molar-refractivity contribution in [2.45, 2.75) is 82.4 Å². The van der Waals surface area contributed by atoms with E-state index in [4.69, 9.17) is 9.72 Å². The largest absolute Gasteiger partial charge is 0.434 e. The maximum Gasteiger partial charge on any atom is 0.387 e. The summed E-state index contributed by atoms with van der Waals surface area (Å²) in [6, 6.07) is 11.7. The maximum atomic E-state index is 15.8. The number of rotatable bonds is 6. The molecule has 1 N–H and O–H groups in total. The fraction of sp³-hybridized carbons (Fsp3) is 0.394. The standard InChI is InChI=1S/C33H32F3N7O2S/c1-17-39-40-29-20-7-5-8-26(45-31(35)36)27(20)24-15-25(42(17)29)30-38-22-10-9-18(14-23(22)43(24)30)19-13-21(34)28(37-16-19)33(11-6-12-33)41-46(44)32(2,3)4/h5,7-10,13-14,16,24-25,31,41H,6,11-12,15H2,1-4H3/t24-,25-,46-/m1/s1. The van der Waals surface area contributed by atoms with E-state index < -0.39 is 33.7 Å². The lowest BCUT2D eigenvalue weighted by atomic mass is 9.74. The number of nitrogens with zero attached hydrogens (tertiary/aromatic N) is 6. The van der Waals surface area contributed by atoms with E-state index in [1.807, 2.05) is 56.5 Å². The second-order valence-electron chi connectivity index (χ2n) is 13.3. The number of hydrogen-bond acceptors (Lipinski definition) is 6. The summed E-state index contributed by atoms with van der Waals surface area (Å²) >= 11 is 0. The predicted octanol–water partition coefficient (Wildman–Crippen LogP) is 6.73. The molecule has 1 aliphatic carbocycles. The number of fused-ring (bicyclic) bond motifs is 6. The van der Waals surface area contributed by atoms with Crippen LogP contribution in [0.4, 0.5) is 13.2 Å². The highest BCUT2D eigenvalue weighted by Crippen LogP contribution is 2.52. The van der Waals surface area contributed by atoms with Crippen LogP contribution in [0.2, 0.25) is 0 Å². The Morgan fingerprint density at radius 2 is 1.87 bits per heavy atom. The first-order valence-electron chi connectivity index (χ1n) is 15.3. The highest BCUT2D eigenvalue weighted by Gasteiger charge is 2.46. The van der Waals surface area contributed by atoms with Crippen LogP contribution in [0.3, 0.4) is 0 Å². The van der Waals surface area contributed by atoms with Crippen LogP contribution in [-0.2, 0) is 16.5 Å². The van der Waals surface area contributed by atoms with Crippen molar-refractivity contribution < 1.29 is 22.1 Å². The second kappa shape index (κ2) is 10.2. The van der Waals surface area contributed by atoms with Crippen molar-refractivity contribution in [2.24, 2.45) is 0 Å². The molecule has 9 nitrogen and oxygen atoms in total. The van der Waals surface area contributed by atoms with Gasteiger partial charge < -0.3 is 13.9 Å². The molecule has 1 fully saturated rings.